The number of para-hydroxylation sites is 1. The average molecular weight is 272 g/mol. The molecule has 0 bridgehead atoms. The molecule has 106 valence electrons. The Balaban J connectivity index is 2.19. The van der Waals surface area contributed by atoms with Crippen molar-refractivity contribution < 1.29 is 4.39 Å². The summed E-state index contributed by atoms with van der Waals surface area (Å²) < 4.78 is 13.3. The molecule has 0 aliphatic carbocycles. The van der Waals surface area contributed by atoms with E-state index in [1.165, 1.54) is 11.6 Å². The largest absolute Gasteiger partial charge is 0.378 e. The summed E-state index contributed by atoms with van der Waals surface area (Å²) in [6, 6.07) is 14.8. The molecule has 0 saturated heterocycles. The van der Waals surface area contributed by atoms with Gasteiger partial charge in [-0.2, -0.15) is 0 Å². The van der Waals surface area contributed by atoms with Crippen molar-refractivity contribution in [2.75, 3.05) is 11.9 Å². The second kappa shape index (κ2) is 6.06. The van der Waals surface area contributed by atoms with Crippen LogP contribution >= 0.6 is 0 Å². The third-order valence-corrected chi connectivity index (χ3v) is 3.52. The van der Waals surface area contributed by atoms with Gasteiger partial charge in [-0.3, -0.25) is 0 Å². The van der Waals surface area contributed by atoms with Crippen molar-refractivity contribution >= 4 is 5.69 Å². The Labute approximate surface area is 119 Å². The maximum absolute atomic E-state index is 13.3. The summed E-state index contributed by atoms with van der Waals surface area (Å²) in [4.78, 5) is 0. The number of aryl methyl sites for hydroxylation is 1. The molecule has 1 atom stereocenters. The molecule has 0 radical (unpaired) electrons. The zero-order chi connectivity index (χ0) is 14.6. The zero-order valence-corrected chi connectivity index (χ0v) is 12.0. The van der Waals surface area contributed by atoms with Gasteiger partial charge in [0.05, 0.1) is 5.54 Å². The fourth-order valence-electron chi connectivity index (χ4n) is 2.30. The smallest absolute Gasteiger partial charge is 0.123 e. The topological polar surface area (TPSA) is 38.0 Å². The van der Waals surface area contributed by atoms with E-state index in [0.717, 1.165) is 11.3 Å². The van der Waals surface area contributed by atoms with Crippen LogP contribution < -0.4 is 11.1 Å². The van der Waals surface area contributed by atoms with Crippen LogP contribution in [0, 0.1) is 12.7 Å². The van der Waals surface area contributed by atoms with Crippen molar-refractivity contribution in [3.63, 3.8) is 0 Å². The zero-order valence-electron chi connectivity index (χ0n) is 12.0. The van der Waals surface area contributed by atoms with Crippen LogP contribution in [0.25, 0.3) is 0 Å². The van der Waals surface area contributed by atoms with Gasteiger partial charge < -0.3 is 11.1 Å². The molecule has 2 aromatic rings. The minimum absolute atomic E-state index is 0.210. The van der Waals surface area contributed by atoms with Gasteiger partial charge in [0.1, 0.15) is 5.82 Å². The van der Waals surface area contributed by atoms with Crippen LogP contribution in [0.3, 0.4) is 0 Å². The van der Waals surface area contributed by atoms with Crippen LogP contribution in [-0.2, 0) is 6.42 Å². The second-order valence-corrected chi connectivity index (χ2v) is 5.51. The van der Waals surface area contributed by atoms with E-state index in [1.807, 2.05) is 24.3 Å². The predicted octanol–water partition coefficient (Wildman–Crippen LogP) is 3.51. The van der Waals surface area contributed by atoms with Crippen LogP contribution in [0.2, 0.25) is 0 Å². The summed E-state index contributed by atoms with van der Waals surface area (Å²) in [6.45, 7) is 4.59. The van der Waals surface area contributed by atoms with Crippen LogP contribution in [0.15, 0.2) is 48.5 Å². The molecule has 1 unspecified atom stereocenters. The molecule has 3 N–H and O–H groups in total. The van der Waals surface area contributed by atoms with Crippen LogP contribution in [0.5, 0.6) is 0 Å². The summed E-state index contributed by atoms with van der Waals surface area (Å²) in [5, 5.41) is 3.49. The lowest BCUT2D eigenvalue weighted by molar-refractivity contribution is 0.518. The van der Waals surface area contributed by atoms with Crippen molar-refractivity contribution in [1.82, 2.24) is 0 Å². The third-order valence-electron chi connectivity index (χ3n) is 3.52. The molecular formula is C17H21FN2. The van der Waals surface area contributed by atoms with Gasteiger partial charge in [0.2, 0.25) is 0 Å². The van der Waals surface area contributed by atoms with E-state index in [1.54, 1.807) is 12.1 Å². The predicted molar refractivity (Wildman–Crippen MR) is 82.4 cm³/mol. The summed E-state index contributed by atoms with van der Waals surface area (Å²) >= 11 is 0. The Kier molecular flexibility index (Phi) is 4.40. The Morgan fingerprint density at radius 1 is 1.15 bits per heavy atom. The number of nitrogens with two attached hydrogens (primary N) is 1. The SMILES string of the molecule is Cc1ccccc1NC(C)(CN)Cc1cccc(F)c1. The van der Waals surface area contributed by atoms with Crippen LogP contribution in [-0.4, -0.2) is 12.1 Å². The molecule has 20 heavy (non-hydrogen) atoms. The summed E-state index contributed by atoms with van der Waals surface area (Å²) in [6.07, 6.45) is 0.676. The molecule has 0 heterocycles. The van der Waals surface area contributed by atoms with Crippen molar-refractivity contribution in [2.45, 2.75) is 25.8 Å². The third kappa shape index (κ3) is 3.58. The number of halogens is 1. The average Bonchev–Trinajstić information content (AvgIpc) is 2.41. The van der Waals surface area contributed by atoms with Crippen LogP contribution in [0.4, 0.5) is 10.1 Å². The number of anilines is 1. The number of rotatable bonds is 5. The highest BCUT2D eigenvalue weighted by Gasteiger charge is 2.23. The summed E-state index contributed by atoms with van der Waals surface area (Å²) in [7, 11) is 0. The maximum Gasteiger partial charge on any atom is 0.123 e. The first-order valence-corrected chi connectivity index (χ1v) is 6.81. The number of nitrogens with one attached hydrogen (secondary N) is 1. The normalized spacial score (nSPS) is 13.8. The summed E-state index contributed by atoms with van der Waals surface area (Å²) in [5.74, 6) is -0.210. The van der Waals surface area contributed by atoms with Crippen molar-refractivity contribution in [3.05, 3.63) is 65.5 Å². The Morgan fingerprint density at radius 2 is 1.90 bits per heavy atom. The quantitative estimate of drug-likeness (QED) is 0.874. The van der Waals surface area contributed by atoms with Gasteiger partial charge in [-0.05, 0) is 49.6 Å². The molecule has 2 aromatic carbocycles. The van der Waals surface area contributed by atoms with Crippen LogP contribution in [0.1, 0.15) is 18.1 Å². The fraction of sp³-hybridized carbons (Fsp3) is 0.294. The van der Waals surface area contributed by atoms with Gasteiger partial charge in [0, 0.05) is 12.2 Å². The van der Waals surface area contributed by atoms with Crippen molar-refractivity contribution in [1.29, 1.82) is 0 Å². The molecule has 3 heteroatoms. The minimum Gasteiger partial charge on any atom is -0.378 e. The second-order valence-electron chi connectivity index (χ2n) is 5.51. The van der Waals surface area contributed by atoms with Crippen molar-refractivity contribution in [2.24, 2.45) is 5.73 Å². The standard InChI is InChI=1S/C17H21FN2/c1-13-6-3-4-9-16(13)20-17(2,12-19)11-14-7-5-8-15(18)10-14/h3-10,20H,11-12,19H2,1-2H3. The highest BCUT2D eigenvalue weighted by atomic mass is 19.1. The van der Waals surface area contributed by atoms with E-state index in [4.69, 9.17) is 5.73 Å². The van der Waals surface area contributed by atoms with Gasteiger partial charge in [-0.15, -0.1) is 0 Å². The number of hydrogen-bond donors (Lipinski definition) is 2. The fourth-order valence-corrected chi connectivity index (χ4v) is 2.30. The lowest BCUT2D eigenvalue weighted by Crippen LogP contribution is -2.44. The molecule has 0 spiro atoms. The molecule has 0 aliphatic rings. The van der Waals surface area contributed by atoms with E-state index in [9.17, 15) is 4.39 Å². The minimum atomic E-state index is -0.306. The maximum atomic E-state index is 13.3. The molecule has 2 nitrogen and oxygen atoms in total. The van der Waals surface area contributed by atoms with Gasteiger partial charge >= 0.3 is 0 Å². The Bertz CT molecular complexity index is 583. The Hall–Kier alpha value is -1.87. The first-order chi connectivity index (χ1) is 9.52. The highest BCUT2D eigenvalue weighted by molar-refractivity contribution is 5.52. The monoisotopic (exact) mass is 272 g/mol. The first kappa shape index (κ1) is 14.5. The highest BCUT2D eigenvalue weighted by Crippen LogP contribution is 2.22. The van der Waals surface area contributed by atoms with Gasteiger partial charge in [-0.1, -0.05) is 30.3 Å². The lowest BCUT2D eigenvalue weighted by atomic mass is 9.92. The molecule has 0 fully saturated rings. The van der Waals surface area contributed by atoms with E-state index >= 15 is 0 Å². The van der Waals surface area contributed by atoms with E-state index in [-0.39, 0.29) is 11.4 Å². The van der Waals surface area contributed by atoms with Gasteiger partial charge in [-0.25, -0.2) is 4.39 Å². The molecule has 0 aliphatic heterocycles. The molecule has 0 saturated carbocycles. The lowest BCUT2D eigenvalue weighted by Gasteiger charge is -2.31. The first-order valence-electron chi connectivity index (χ1n) is 6.81. The molecule has 0 amide bonds. The number of hydrogen-bond acceptors (Lipinski definition) is 2. The number of benzene rings is 2. The van der Waals surface area contributed by atoms with Gasteiger partial charge in [0.15, 0.2) is 0 Å². The molecule has 2 rings (SSSR count). The molecule has 0 aromatic heterocycles. The summed E-state index contributed by atoms with van der Waals surface area (Å²) in [5.41, 5.74) is 8.81. The Morgan fingerprint density at radius 3 is 2.55 bits per heavy atom. The van der Waals surface area contributed by atoms with Crippen molar-refractivity contribution in [3.8, 4) is 0 Å². The van der Waals surface area contributed by atoms with Gasteiger partial charge in [0.25, 0.3) is 0 Å². The van der Waals surface area contributed by atoms with E-state index < -0.39 is 0 Å². The molecular weight excluding hydrogens is 251 g/mol. The van der Waals surface area contributed by atoms with E-state index in [2.05, 4.69) is 25.2 Å². The van der Waals surface area contributed by atoms with E-state index in [0.29, 0.717) is 13.0 Å².